The minimum atomic E-state index is -2.52. The summed E-state index contributed by atoms with van der Waals surface area (Å²) in [6.07, 6.45) is -2.99. The summed E-state index contributed by atoms with van der Waals surface area (Å²) in [6.45, 7) is 7.02. The van der Waals surface area contributed by atoms with Crippen molar-refractivity contribution in [2.24, 2.45) is 0 Å². The third-order valence-electron chi connectivity index (χ3n) is 3.79. The molecule has 156 valence electrons. The molecule has 0 aliphatic carbocycles. The summed E-state index contributed by atoms with van der Waals surface area (Å²) in [6, 6.07) is 0. The molecule has 1 saturated heterocycles. The zero-order chi connectivity index (χ0) is 21.3. The first-order valence-corrected chi connectivity index (χ1v) is 14.5. The summed E-state index contributed by atoms with van der Waals surface area (Å²) in [5.41, 5.74) is 0. The first-order chi connectivity index (χ1) is 13.1. The van der Waals surface area contributed by atoms with E-state index < -0.39 is 76.9 Å². The maximum atomic E-state index is 11.7. The molecule has 0 aromatic carbocycles. The van der Waals surface area contributed by atoms with E-state index in [-0.39, 0.29) is 6.61 Å². The van der Waals surface area contributed by atoms with Gasteiger partial charge in [0.2, 0.25) is 0 Å². The van der Waals surface area contributed by atoms with Crippen LogP contribution in [-0.4, -0.2) is 61.7 Å². The molecule has 1 fully saturated rings. The van der Waals surface area contributed by atoms with Crippen LogP contribution in [0.2, 0.25) is 3.43 Å². The third-order valence-corrected chi connectivity index (χ3v) is 10.8. The average Bonchev–Trinajstić information content (AvgIpc) is 2.58. The van der Waals surface area contributed by atoms with Gasteiger partial charge in [0.15, 0.2) is 0 Å². The number of carbonyl (C=O) groups is 4. The van der Waals surface area contributed by atoms with Crippen molar-refractivity contribution in [2.45, 2.75) is 69.1 Å². The molecule has 0 aromatic heterocycles. The van der Waals surface area contributed by atoms with E-state index in [0.717, 1.165) is 0 Å². The van der Waals surface area contributed by atoms with E-state index in [0.29, 0.717) is 13.0 Å². The third kappa shape index (κ3) is 8.40. The molecule has 11 heteroatoms. The number of hydrogen-bond donors (Lipinski definition) is 0. The van der Waals surface area contributed by atoms with Gasteiger partial charge in [0.1, 0.15) is 0 Å². The SMILES string of the molecule is CCCOC1OC(COC(C)=O)C(OC(C)=O)C(OC(C)=O)[CH]1[Hg][O]C(C)=O. The van der Waals surface area contributed by atoms with Crippen LogP contribution < -0.4 is 0 Å². The van der Waals surface area contributed by atoms with Gasteiger partial charge in [-0.15, -0.1) is 0 Å². The van der Waals surface area contributed by atoms with Gasteiger partial charge in [-0.2, -0.15) is 0 Å². The van der Waals surface area contributed by atoms with E-state index in [1.54, 1.807) is 0 Å². The molecule has 28 heavy (non-hydrogen) atoms. The molecule has 10 nitrogen and oxygen atoms in total. The fraction of sp³-hybridized carbons (Fsp3) is 0.765. The summed E-state index contributed by atoms with van der Waals surface area (Å²) in [5.74, 6) is -2.19. The van der Waals surface area contributed by atoms with Crippen molar-refractivity contribution < 1.29 is 70.5 Å². The molecule has 0 aromatic rings. The van der Waals surface area contributed by atoms with Gasteiger partial charge >= 0.3 is 177 Å². The summed E-state index contributed by atoms with van der Waals surface area (Å²) >= 11 is -2.52. The summed E-state index contributed by atoms with van der Waals surface area (Å²) in [4.78, 5) is 45.9. The quantitative estimate of drug-likeness (QED) is 0.217. The van der Waals surface area contributed by atoms with Crippen LogP contribution in [0.4, 0.5) is 0 Å². The van der Waals surface area contributed by atoms with Crippen molar-refractivity contribution in [2.75, 3.05) is 13.2 Å². The maximum absolute atomic E-state index is 11.7. The normalized spacial score (nSPS) is 26.5. The zero-order valence-electron chi connectivity index (χ0n) is 16.8. The number of ether oxygens (including phenoxy) is 5. The molecule has 5 atom stereocenters. The molecule has 0 amide bonds. The molecule has 0 spiro atoms. The molecule has 1 aliphatic heterocycles. The van der Waals surface area contributed by atoms with Crippen LogP contribution in [-0.2, 0) is 70.5 Å². The van der Waals surface area contributed by atoms with Crippen molar-refractivity contribution in [3.63, 3.8) is 0 Å². The molecular weight excluding hydrogens is 565 g/mol. The molecule has 1 heterocycles. The molecule has 5 unspecified atom stereocenters. The molecule has 0 radical (unpaired) electrons. The topological polar surface area (TPSA) is 124 Å². The fourth-order valence-corrected chi connectivity index (χ4v) is 8.15. The number of esters is 3. The summed E-state index contributed by atoms with van der Waals surface area (Å²) in [7, 11) is 0. The van der Waals surface area contributed by atoms with Crippen molar-refractivity contribution in [3.8, 4) is 0 Å². The van der Waals surface area contributed by atoms with Crippen molar-refractivity contribution in [1.82, 2.24) is 0 Å². The van der Waals surface area contributed by atoms with Crippen molar-refractivity contribution in [1.29, 1.82) is 0 Å². The zero-order valence-corrected chi connectivity index (χ0v) is 22.3. The first-order valence-electron chi connectivity index (χ1n) is 9.03. The predicted octanol–water partition coefficient (Wildman–Crippen LogP) is 0.913. The second kappa shape index (κ2) is 12.3. The molecule has 0 bridgehead atoms. The second-order valence-corrected chi connectivity index (χ2v) is 12.4. The van der Waals surface area contributed by atoms with Gasteiger partial charge in [0.25, 0.3) is 0 Å². The first kappa shape index (κ1) is 24.8. The molecule has 0 N–H and O–H groups in total. The standard InChI is InChI=1S/C15H23O8.C2H4O2.Hg/c1-5-6-19-14-7-12(21-10(3)17)15(22-11(4)18)13(23-14)8-20-9(2)16;1-2(3)4;/h7,12-15H,5-6,8H2,1-4H3;1H3,(H,3,4);/q;;+1/p-1. The van der Waals surface area contributed by atoms with Gasteiger partial charge in [-0.3, -0.25) is 0 Å². The Hall–Kier alpha value is -1.26. The summed E-state index contributed by atoms with van der Waals surface area (Å²) < 4.78 is 32.2. The number of carbonyl (C=O) groups excluding carboxylic acids is 4. The second-order valence-electron chi connectivity index (χ2n) is 6.33. The molecule has 0 saturated carbocycles. The van der Waals surface area contributed by atoms with Crippen molar-refractivity contribution >= 4 is 23.9 Å². The monoisotopic (exact) mass is 592 g/mol. The van der Waals surface area contributed by atoms with E-state index in [4.69, 9.17) is 26.3 Å². The predicted molar refractivity (Wildman–Crippen MR) is 88.2 cm³/mol. The van der Waals surface area contributed by atoms with Crippen LogP contribution >= 0.6 is 0 Å². The van der Waals surface area contributed by atoms with Gasteiger partial charge in [0.05, 0.1) is 0 Å². The van der Waals surface area contributed by atoms with Crippen LogP contribution in [0, 0.1) is 0 Å². The minimum absolute atomic E-state index is 0.214. The Morgan fingerprint density at radius 2 is 1.50 bits per heavy atom. The van der Waals surface area contributed by atoms with Crippen LogP contribution in [0.15, 0.2) is 0 Å². The van der Waals surface area contributed by atoms with Crippen LogP contribution in [0.1, 0.15) is 41.0 Å². The van der Waals surface area contributed by atoms with Crippen LogP contribution in [0.25, 0.3) is 0 Å². The van der Waals surface area contributed by atoms with Crippen LogP contribution in [0.3, 0.4) is 0 Å². The van der Waals surface area contributed by atoms with E-state index in [1.165, 1.54) is 27.7 Å². The Morgan fingerprint density at radius 1 is 0.893 bits per heavy atom. The van der Waals surface area contributed by atoms with E-state index in [1.807, 2.05) is 6.92 Å². The van der Waals surface area contributed by atoms with Gasteiger partial charge in [-0.25, -0.2) is 0 Å². The summed E-state index contributed by atoms with van der Waals surface area (Å²) in [5, 5.41) is 0. The van der Waals surface area contributed by atoms with E-state index in [2.05, 4.69) is 0 Å². The van der Waals surface area contributed by atoms with E-state index >= 15 is 0 Å². The Bertz CT molecular complexity index is 566. The molecular formula is C17H26HgO10. The molecule has 1 rings (SSSR count). The fourth-order valence-electron chi connectivity index (χ4n) is 2.76. The van der Waals surface area contributed by atoms with Gasteiger partial charge < -0.3 is 0 Å². The van der Waals surface area contributed by atoms with Gasteiger partial charge in [-0.05, 0) is 0 Å². The number of rotatable bonds is 9. The van der Waals surface area contributed by atoms with Gasteiger partial charge in [0, 0.05) is 0 Å². The Labute approximate surface area is 176 Å². The molecule has 1 aliphatic rings. The van der Waals surface area contributed by atoms with Crippen molar-refractivity contribution in [3.05, 3.63) is 0 Å². The van der Waals surface area contributed by atoms with Gasteiger partial charge in [-0.1, -0.05) is 0 Å². The number of hydrogen-bond acceptors (Lipinski definition) is 10. The van der Waals surface area contributed by atoms with E-state index in [9.17, 15) is 19.2 Å². The Kier molecular flexibility index (Phi) is 10.9. The Balaban J connectivity index is 3.21. The average molecular weight is 591 g/mol. The van der Waals surface area contributed by atoms with Crippen LogP contribution in [0.5, 0.6) is 0 Å². The Morgan fingerprint density at radius 3 is 2.00 bits per heavy atom.